The normalized spacial score (nSPS) is 10.8. The van der Waals surface area contributed by atoms with Crippen LogP contribution >= 0.6 is 0 Å². The van der Waals surface area contributed by atoms with E-state index in [9.17, 15) is 4.79 Å². The maximum atomic E-state index is 12.8. The Bertz CT molecular complexity index is 1320. The first-order valence-electron chi connectivity index (χ1n) is 9.51. The lowest BCUT2D eigenvalue weighted by molar-refractivity contribution is 0.102. The molecule has 0 bridgehead atoms. The number of rotatable bonds is 4. The van der Waals surface area contributed by atoms with Crippen molar-refractivity contribution in [1.29, 1.82) is 0 Å². The Morgan fingerprint density at radius 2 is 1.47 bits per heavy atom. The third-order valence-electron chi connectivity index (χ3n) is 4.76. The van der Waals surface area contributed by atoms with Gasteiger partial charge in [-0.3, -0.25) is 9.78 Å². The van der Waals surface area contributed by atoms with Gasteiger partial charge in [0.05, 0.1) is 0 Å². The Balaban J connectivity index is 1.64. The van der Waals surface area contributed by atoms with Crippen molar-refractivity contribution in [1.82, 2.24) is 19.6 Å². The number of carbonyl (C=O) groups excluding carboxylic acids is 1. The van der Waals surface area contributed by atoms with Gasteiger partial charge in [-0.1, -0.05) is 48.5 Å². The Kier molecular flexibility index (Phi) is 4.50. The van der Waals surface area contributed by atoms with E-state index >= 15 is 0 Å². The van der Waals surface area contributed by atoms with Gasteiger partial charge >= 0.3 is 0 Å². The molecule has 0 saturated carbocycles. The zero-order chi connectivity index (χ0) is 20.3. The molecule has 0 aliphatic heterocycles. The summed E-state index contributed by atoms with van der Waals surface area (Å²) in [7, 11) is 0. The molecule has 144 valence electrons. The van der Waals surface area contributed by atoms with E-state index in [1.54, 1.807) is 29.0 Å². The molecular formula is C24H17N5O. The summed E-state index contributed by atoms with van der Waals surface area (Å²) in [6, 6.07) is 26.5. The molecule has 1 N–H and O–H groups in total. The standard InChI is InChI=1S/C24H17N5O/c30-24(19-9-5-2-6-10-19)27-22-16-20(17-11-13-25-14-12-17)15-21-26-23(28-29(21)22)18-7-3-1-4-8-18/h1-16H,(H,27,30). The predicted octanol–water partition coefficient (Wildman–Crippen LogP) is 4.71. The van der Waals surface area contributed by atoms with Gasteiger partial charge in [0.1, 0.15) is 5.82 Å². The number of anilines is 1. The van der Waals surface area contributed by atoms with Crippen LogP contribution in [0.15, 0.2) is 97.3 Å². The molecule has 0 unspecified atom stereocenters. The fourth-order valence-corrected chi connectivity index (χ4v) is 3.27. The molecule has 3 heterocycles. The molecule has 30 heavy (non-hydrogen) atoms. The average Bonchev–Trinajstić information content (AvgIpc) is 3.25. The van der Waals surface area contributed by atoms with E-state index < -0.39 is 0 Å². The van der Waals surface area contributed by atoms with Crippen LogP contribution in [0.2, 0.25) is 0 Å². The lowest BCUT2D eigenvalue weighted by Gasteiger charge is -2.10. The molecule has 0 spiro atoms. The summed E-state index contributed by atoms with van der Waals surface area (Å²) in [4.78, 5) is 21.6. The number of aromatic nitrogens is 4. The number of hydrogen-bond acceptors (Lipinski definition) is 4. The Morgan fingerprint density at radius 3 is 2.20 bits per heavy atom. The quantitative estimate of drug-likeness (QED) is 0.482. The predicted molar refractivity (Wildman–Crippen MR) is 116 cm³/mol. The number of amides is 1. The largest absolute Gasteiger partial charge is 0.306 e. The van der Waals surface area contributed by atoms with E-state index in [4.69, 9.17) is 4.98 Å². The second-order valence-electron chi connectivity index (χ2n) is 6.76. The fraction of sp³-hybridized carbons (Fsp3) is 0. The molecular weight excluding hydrogens is 374 g/mol. The average molecular weight is 391 g/mol. The summed E-state index contributed by atoms with van der Waals surface area (Å²) in [5.74, 6) is 0.932. The highest BCUT2D eigenvalue weighted by atomic mass is 16.1. The van der Waals surface area contributed by atoms with Gasteiger partial charge in [-0.2, -0.15) is 4.52 Å². The van der Waals surface area contributed by atoms with Crippen LogP contribution in [0.5, 0.6) is 0 Å². The molecule has 0 aliphatic carbocycles. The Hall–Kier alpha value is -4.32. The van der Waals surface area contributed by atoms with Crippen molar-refractivity contribution in [3.8, 4) is 22.5 Å². The summed E-state index contributed by atoms with van der Waals surface area (Å²) in [6.45, 7) is 0. The van der Waals surface area contributed by atoms with Gasteiger partial charge < -0.3 is 5.32 Å². The smallest absolute Gasteiger partial charge is 0.256 e. The molecule has 1 amide bonds. The first kappa shape index (κ1) is 17.8. The zero-order valence-electron chi connectivity index (χ0n) is 15.9. The highest BCUT2D eigenvalue weighted by molar-refractivity contribution is 6.04. The summed E-state index contributed by atoms with van der Waals surface area (Å²) in [5.41, 5.74) is 4.02. The van der Waals surface area contributed by atoms with Gasteiger partial charge in [0.25, 0.3) is 5.91 Å². The van der Waals surface area contributed by atoms with E-state index in [2.05, 4.69) is 15.4 Å². The molecule has 0 saturated heterocycles. The van der Waals surface area contributed by atoms with E-state index in [1.165, 1.54) is 0 Å². The molecule has 0 radical (unpaired) electrons. The Morgan fingerprint density at radius 1 is 0.767 bits per heavy atom. The highest BCUT2D eigenvalue weighted by Gasteiger charge is 2.14. The SMILES string of the molecule is O=C(Nc1cc(-c2ccncc2)cc2nc(-c3ccccc3)nn12)c1ccccc1. The molecule has 5 rings (SSSR count). The van der Waals surface area contributed by atoms with Crippen molar-refractivity contribution in [3.63, 3.8) is 0 Å². The van der Waals surface area contributed by atoms with Gasteiger partial charge in [0, 0.05) is 23.5 Å². The van der Waals surface area contributed by atoms with Crippen LogP contribution in [0, 0.1) is 0 Å². The van der Waals surface area contributed by atoms with E-state index in [-0.39, 0.29) is 5.91 Å². The summed E-state index contributed by atoms with van der Waals surface area (Å²) in [6.07, 6.45) is 3.47. The van der Waals surface area contributed by atoms with Crippen molar-refractivity contribution in [3.05, 3.63) is 103 Å². The molecule has 0 atom stereocenters. The minimum absolute atomic E-state index is 0.208. The van der Waals surface area contributed by atoms with Gasteiger partial charge in [0.2, 0.25) is 0 Å². The monoisotopic (exact) mass is 391 g/mol. The van der Waals surface area contributed by atoms with Crippen LogP contribution in [0.3, 0.4) is 0 Å². The van der Waals surface area contributed by atoms with Crippen LogP contribution < -0.4 is 5.32 Å². The first-order valence-corrected chi connectivity index (χ1v) is 9.51. The molecule has 3 aromatic heterocycles. The third kappa shape index (κ3) is 3.42. The van der Waals surface area contributed by atoms with Crippen molar-refractivity contribution >= 4 is 17.4 Å². The maximum absolute atomic E-state index is 12.8. The molecule has 2 aromatic carbocycles. The number of hydrogen-bond donors (Lipinski definition) is 1. The minimum atomic E-state index is -0.208. The molecule has 5 aromatic rings. The van der Waals surface area contributed by atoms with E-state index in [0.29, 0.717) is 22.9 Å². The molecule has 6 nitrogen and oxygen atoms in total. The second kappa shape index (κ2) is 7.60. The zero-order valence-corrected chi connectivity index (χ0v) is 15.9. The van der Waals surface area contributed by atoms with Gasteiger partial charge in [-0.25, -0.2) is 4.98 Å². The van der Waals surface area contributed by atoms with Gasteiger partial charge in [-0.15, -0.1) is 5.10 Å². The number of fused-ring (bicyclic) bond motifs is 1. The molecule has 6 heteroatoms. The number of benzene rings is 2. The van der Waals surface area contributed by atoms with Crippen molar-refractivity contribution in [2.75, 3.05) is 5.32 Å². The number of pyridine rings is 2. The molecule has 0 aliphatic rings. The van der Waals surface area contributed by atoms with E-state index in [1.807, 2.05) is 72.8 Å². The summed E-state index contributed by atoms with van der Waals surface area (Å²) in [5, 5.41) is 7.62. The topological polar surface area (TPSA) is 72.2 Å². The summed E-state index contributed by atoms with van der Waals surface area (Å²) < 4.78 is 1.66. The van der Waals surface area contributed by atoms with E-state index in [0.717, 1.165) is 16.7 Å². The minimum Gasteiger partial charge on any atom is -0.306 e. The number of nitrogens with one attached hydrogen (secondary N) is 1. The summed E-state index contributed by atoms with van der Waals surface area (Å²) >= 11 is 0. The van der Waals surface area contributed by atoms with Gasteiger partial charge in [-0.05, 0) is 47.5 Å². The lowest BCUT2D eigenvalue weighted by atomic mass is 10.1. The highest BCUT2D eigenvalue weighted by Crippen LogP contribution is 2.26. The first-order chi connectivity index (χ1) is 14.8. The van der Waals surface area contributed by atoms with Crippen LogP contribution in [0.4, 0.5) is 5.82 Å². The van der Waals surface area contributed by atoms with Crippen molar-refractivity contribution in [2.45, 2.75) is 0 Å². The van der Waals surface area contributed by atoms with Crippen LogP contribution in [0.1, 0.15) is 10.4 Å². The third-order valence-corrected chi connectivity index (χ3v) is 4.76. The maximum Gasteiger partial charge on any atom is 0.256 e. The van der Waals surface area contributed by atoms with Gasteiger partial charge in [0.15, 0.2) is 11.5 Å². The van der Waals surface area contributed by atoms with Crippen molar-refractivity contribution < 1.29 is 4.79 Å². The number of carbonyl (C=O) groups is 1. The molecule has 0 fully saturated rings. The number of nitrogens with zero attached hydrogens (tertiary/aromatic N) is 4. The second-order valence-corrected chi connectivity index (χ2v) is 6.76. The van der Waals surface area contributed by atoms with Crippen LogP contribution in [-0.2, 0) is 0 Å². The van der Waals surface area contributed by atoms with Crippen molar-refractivity contribution in [2.24, 2.45) is 0 Å². The van der Waals surface area contributed by atoms with Crippen LogP contribution in [-0.4, -0.2) is 25.5 Å². The van der Waals surface area contributed by atoms with Crippen LogP contribution in [0.25, 0.3) is 28.2 Å². The fourth-order valence-electron chi connectivity index (χ4n) is 3.27. The Labute approximate surface area is 172 Å². The lowest BCUT2D eigenvalue weighted by Crippen LogP contribution is -2.14.